The van der Waals surface area contributed by atoms with Crippen molar-refractivity contribution in [2.75, 3.05) is 23.7 Å². The van der Waals surface area contributed by atoms with E-state index < -0.39 is 27.3 Å². The number of rotatable bonds is 6. The molecule has 1 amide bonds. The van der Waals surface area contributed by atoms with Crippen LogP contribution in [0.5, 0.6) is 0 Å². The van der Waals surface area contributed by atoms with Crippen molar-refractivity contribution in [3.63, 3.8) is 0 Å². The van der Waals surface area contributed by atoms with Crippen LogP contribution < -0.4 is 15.8 Å². The Morgan fingerprint density at radius 1 is 1.30 bits per heavy atom. The largest absolute Gasteiger partial charge is 0.444 e. The van der Waals surface area contributed by atoms with Gasteiger partial charge in [-0.25, -0.2) is 22.7 Å². The van der Waals surface area contributed by atoms with Crippen LogP contribution in [-0.2, 0) is 14.6 Å². The molecule has 12 heteroatoms. The number of hydrogen-bond acceptors (Lipinski definition) is 7. The van der Waals surface area contributed by atoms with Crippen molar-refractivity contribution < 1.29 is 22.3 Å². The molecule has 2 N–H and O–H groups in total. The van der Waals surface area contributed by atoms with Crippen molar-refractivity contribution in [1.82, 2.24) is 15.5 Å². The molecule has 2 heterocycles. The molecule has 178 valence electrons. The van der Waals surface area contributed by atoms with Gasteiger partial charge in [0.25, 0.3) is 5.56 Å². The lowest BCUT2D eigenvalue weighted by Gasteiger charge is -2.19. The number of amides is 1. The third kappa shape index (κ3) is 5.47. The second-order valence-electron chi connectivity index (χ2n) is 8.39. The zero-order chi connectivity index (χ0) is 23.6. The molecule has 0 spiro atoms. The van der Waals surface area contributed by atoms with Crippen molar-refractivity contribution in [3.8, 4) is 0 Å². The smallest absolute Gasteiger partial charge is 0.407 e. The number of anilines is 1. The van der Waals surface area contributed by atoms with Crippen LogP contribution in [-0.4, -0.2) is 55.7 Å². The Kier molecular flexibility index (Phi) is 6.89. The summed E-state index contributed by atoms with van der Waals surface area (Å²) in [5, 5.41) is 8.86. The standard InChI is InChI=1S/C21H24ClFN4O5S/c22-19-17(10-24-26-20(19)28)27-8-7-15(11-27)32-21(29)25-14-6-5-13(9-14)12-33(30,31)18-4-2-1-3-16(18)23/h1-4,10,13-15H,5-9,11-12H2,(H,25,29)(H,26,28)/t13-,14+,15+/m0/s1. The van der Waals surface area contributed by atoms with Gasteiger partial charge in [-0.3, -0.25) is 4.79 Å². The van der Waals surface area contributed by atoms with E-state index in [9.17, 15) is 22.4 Å². The molecule has 1 aromatic carbocycles. The lowest BCUT2D eigenvalue weighted by molar-refractivity contribution is 0.105. The van der Waals surface area contributed by atoms with Gasteiger partial charge in [-0.2, -0.15) is 5.10 Å². The van der Waals surface area contributed by atoms with E-state index in [4.69, 9.17) is 16.3 Å². The molecule has 2 aliphatic rings. The molecule has 0 radical (unpaired) electrons. The molecule has 0 unspecified atom stereocenters. The maximum Gasteiger partial charge on any atom is 0.407 e. The van der Waals surface area contributed by atoms with Gasteiger partial charge in [-0.05, 0) is 37.3 Å². The second kappa shape index (κ2) is 9.68. The van der Waals surface area contributed by atoms with Crippen LogP contribution in [0.3, 0.4) is 0 Å². The highest BCUT2D eigenvalue weighted by Crippen LogP contribution is 2.30. The molecule has 9 nitrogen and oxygen atoms in total. The van der Waals surface area contributed by atoms with E-state index in [2.05, 4.69) is 15.5 Å². The summed E-state index contributed by atoms with van der Waals surface area (Å²) in [5.41, 5.74) is 0.00528. The molecule has 1 saturated heterocycles. The van der Waals surface area contributed by atoms with Crippen LogP contribution in [0.1, 0.15) is 25.7 Å². The quantitative estimate of drug-likeness (QED) is 0.627. The van der Waals surface area contributed by atoms with Crippen LogP contribution in [0, 0.1) is 11.7 Å². The van der Waals surface area contributed by atoms with Crippen LogP contribution >= 0.6 is 11.6 Å². The lowest BCUT2D eigenvalue weighted by Crippen LogP contribution is -2.37. The fourth-order valence-electron chi connectivity index (χ4n) is 4.44. The van der Waals surface area contributed by atoms with Gasteiger partial charge < -0.3 is 15.0 Å². The topological polar surface area (TPSA) is 121 Å². The number of sulfone groups is 1. The van der Waals surface area contributed by atoms with Crippen molar-refractivity contribution >= 4 is 33.2 Å². The summed E-state index contributed by atoms with van der Waals surface area (Å²) in [6, 6.07) is 5.14. The van der Waals surface area contributed by atoms with Gasteiger partial charge in [0.2, 0.25) is 0 Å². The van der Waals surface area contributed by atoms with Crippen molar-refractivity contribution in [1.29, 1.82) is 0 Å². The summed E-state index contributed by atoms with van der Waals surface area (Å²) >= 11 is 6.04. The summed E-state index contributed by atoms with van der Waals surface area (Å²) in [7, 11) is -3.75. The summed E-state index contributed by atoms with van der Waals surface area (Å²) in [4.78, 5) is 25.5. The molecule has 2 fully saturated rings. The van der Waals surface area contributed by atoms with Crippen LogP contribution in [0.25, 0.3) is 0 Å². The average Bonchev–Trinajstić information content (AvgIpc) is 3.39. The van der Waals surface area contributed by atoms with Gasteiger partial charge in [-0.1, -0.05) is 23.7 Å². The number of aromatic nitrogens is 2. The summed E-state index contributed by atoms with van der Waals surface area (Å²) < 4.78 is 44.5. The first-order valence-electron chi connectivity index (χ1n) is 10.7. The fraction of sp³-hybridized carbons (Fsp3) is 0.476. The molecular weight excluding hydrogens is 475 g/mol. The highest BCUT2D eigenvalue weighted by Gasteiger charge is 2.33. The number of benzene rings is 1. The number of nitrogens with one attached hydrogen (secondary N) is 2. The number of carbonyl (C=O) groups is 1. The Balaban J connectivity index is 1.26. The van der Waals surface area contributed by atoms with Crippen molar-refractivity contribution in [2.24, 2.45) is 5.92 Å². The van der Waals surface area contributed by atoms with E-state index in [0.29, 0.717) is 44.5 Å². The molecule has 3 atom stereocenters. The zero-order valence-corrected chi connectivity index (χ0v) is 19.2. The van der Waals surface area contributed by atoms with Gasteiger partial charge >= 0.3 is 6.09 Å². The zero-order valence-electron chi connectivity index (χ0n) is 17.7. The Morgan fingerprint density at radius 3 is 2.88 bits per heavy atom. The number of aromatic amines is 1. The normalized spacial score (nSPS) is 23.0. The number of hydrogen-bond donors (Lipinski definition) is 2. The molecule has 0 bridgehead atoms. The van der Waals surface area contributed by atoms with Gasteiger partial charge in [0.15, 0.2) is 9.84 Å². The van der Waals surface area contributed by atoms with Crippen LogP contribution in [0.4, 0.5) is 14.9 Å². The van der Waals surface area contributed by atoms with E-state index >= 15 is 0 Å². The van der Waals surface area contributed by atoms with E-state index in [1.807, 2.05) is 4.90 Å². The third-order valence-electron chi connectivity index (χ3n) is 6.03. The van der Waals surface area contributed by atoms with E-state index in [-0.39, 0.29) is 33.7 Å². The average molecular weight is 499 g/mol. The third-order valence-corrected chi connectivity index (χ3v) is 8.30. The molecule has 1 saturated carbocycles. The predicted molar refractivity (Wildman–Crippen MR) is 120 cm³/mol. The molecule has 4 rings (SSSR count). The summed E-state index contributed by atoms with van der Waals surface area (Å²) in [5.74, 6) is -1.09. The molecule has 1 aliphatic heterocycles. The predicted octanol–water partition coefficient (Wildman–Crippen LogP) is 2.51. The highest BCUT2D eigenvalue weighted by atomic mass is 35.5. The van der Waals surface area contributed by atoms with Crippen molar-refractivity contribution in [2.45, 2.75) is 42.7 Å². The van der Waals surface area contributed by atoms with E-state index in [0.717, 1.165) is 6.07 Å². The highest BCUT2D eigenvalue weighted by molar-refractivity contribution is 7.91. The van der Waals surface area contributed by atoms with E-state index in [1.54, 1.807) is 0 Å². The number of alkyl carbamates (subject to hydrolysis) is 1. The molecule has 1 aromatic heterocycles. The number of H-pyrrole nitrogens is 1. The first-order valence-corrected chi connectivity index (χ1v) is 12.7. The summed E-state index contributed by atoms with van der Waals surface area (Å²) in [6.07, 6.45) is 2.80. The number of carbonyl (C=O) groups excluding carboxylic acids is 1. The summed E-state index contributed by atoms with van der Waals surface area (Å²) in [6.45, 7) is 0.939. The van der Waals surface area contributed by atoms with Gasteiger partial charge in [-0.15, -0.1) is 0 Å². The number of ether oxygens (including phenoxy) is 1. The minimum Gasteiger partial charge on any atom is -0.444 e. The van der Waals surface area contributed by atoms with Gasteiger partial charge in [0.05, 0.1) is 24.2 Å². The Bertz CT molecular complexity index is 1190. The minimum atomic E-state index is -3.75. The lowest BCUT2D eigenvalue weighted by atomic mass is 10.1. The van der Waals surface area contributed by atoms with Crippen LogP contribution in [0.2, 0.25) is 5.02 Å². The first kappa shape index (κ1) is 23.5. The fourth-order valence-corrected chi connectivity index (χ4v) is 6.41. The Hall–Kier alpha value is -2.66. The maximum atomic E-state index is 13.9. The number of nitrogens with zero attached hydrogens (tertiary/aromatic N) is 2. The van der Waals surface area contributed by atoms with Gasteiger partial charge in [0.1, 0.15) is 21.8 Å². The molecule has 1 aliphatic carbocycles. The molecule has 2 aromatic rings. The SMILES string of the molecule is O=C(N[C@@H]1CC[C@H](CS(=O)(=O)c2ccccc2F)C1)O[C@@H]1CCN(c2cn[nH]c(=O)c2Cl)C1. The monoisotopic (exact) mass is 498 g/mol. The molecular formula is C21H24ClFN4O5S. The van der Waals surface area contributed by atoms with Crippen LogP contribution in [0.15, 0.2) is 40.2 Å². The van der Waals surface area contributed by atoms with E-state index in [1.165, 1.54) is 24.4 Å². The Morgan fingerprint density at radius 2 is 2.09 bits per heavy atom. The van der Waals surface area contributed by atoms with Crippen molar-refractivity contribution in [3.05, 3.63) is 51.7 Å². The number of halogens is 2. The first-order chi connectivity index (χ1) is 15.7. The van der Waals surface area contributed by atoms with Gasteiger partial charge in [0, 0.05) is 19.0 Å². The minimum absolute atomic E-state index is 0.0393. The molecule has 33 heavy (non-hydrogen) atoms. The second-order valence-corrected chi connectivity index (χ2v) is 10.8. The Labute approximate surface area is 195 Å². The maximum absolute atomic E-state index is 13.9.